The van der Waals surface area contributed by atoms with Crippen LogP contribution in [0.1, 0.15) is 161 Å². The summed E-state index contributed by atoms with van der Waals surface area (Å²) in [6.45, 7) is 2.90. The first-order valence-corrected chi connectivity index (χ1v) is 14.7. The van der Waals surface area contributed by atoms with Crippen LogP contribution in [0.15, 0.2) is 0 Å². The van der Waals surface area contributed by atoms with Gasteiger partial charge in [-0.15, -0.1) is 0 Å². The van der Waals surface area contributed by atoms with Crippen LogP contribution in [0.2, 0.25) is 0 Å². The van der Waals surface area contributed by atoms with E-state index in [2.05, 4.69) is 19.6 Å². The highest BCUT2D eigenvalue weighted by Gasteiger charge is 2.02. The zero-order valence-corrected chi connectivity index (χ0v) is 22.0. The smallest absolute Gasteiger partial charge is 0.305 e. The van der Waals surface area contributed by atoms with E-state index in [4.69, 9.17) is 4.74 Å². The minimum absolute atomic E-state index is 0.0188. The lowest BCUT2D eigenvalue weighted by molar-refractivity contribution is -0.143. The van der Waals surface area contributed by atoms with Crippen LogP contribution in [0.4, 0.5) is 0 Å². The zero-order chi connectivity index (χ0) is 22.7. The Morgan fingerprint density at radius 2 is 0.871 bits per heavy atom. The molecule has 0 aromatic rings. The second kappa shape index (κ2) is 27.9. The van der Waals surface area contributed by atoms with Crippen LogP contribution in [0.5, 0.6) is 0 Å². The van der Waals surface area contributed by atoms with Gasteiger partial charge in [0, 0.05) is 6.42 Å². The highest BCUT2D eigenvalue weighted by Crippen LogP contribution is 2.14. The molecule has 0 unspecified atom stereocenters. The third-order valence-electron chi connectivity index (χ3n) is 6.30. The molecule has 0 atom stereocenters. The Hall–Kier alpha value is -0.180. The summed E-state index contributed by atoms with van der Waals surface area (Å²) >= 11 is 4.26. The number of carbonyl (C=O) groups excluding carboxylic acids is 1. The average molecular weight is 457 g/mol. The molecule has 0 aliphatic rings. The lowest BCUT2D eigenvalue weighted by Crippen LogP contribution is -2.05. The molecule has 0 saturated carbocycles. The SMILES string of the molecule is CCCCCCCCCCCCOC(=O)CCCCCCCCCCCCCCCS. The second-order valence-corrected chi connectivity index (χ2v) is 9.92. The fourth-order valence-corrected chi connectivity index (χ4v) is 4.40. The van der Waals surface area contributed by atoms with E-state index < -0.39 is 0 Å². The van der Waals surface area contributed by atoms with E-state index in [0.717, 1.165) is 18.6 Å². The predicted molar refractivity (Wildman–Crippen MR) is 141 cm³/mol. The molecular weight excluding hydrogens is 400 g/mol. The summed E-state index contributed by atoms with van der Waals surface area (Å²) in [5.41, 5.74) is 0. The van der Waals surface area contributed by atoms with Crippen molar-refractivity contribution in [2.75, 3.05) is 12.4 Å². The summed E-state index contributed by atoms with van der Waals surface area (Å²) in [5.74, 6) is 1.06. The van der Waals surface area contributed by atoms with E-state index in [0.29, 0.717) is 13.0 Å². The summed E-state index contributed by atoms with van der Waals surface area (Å²) in [4.78, 5) is 11.8. The lowest BCUT2D eigenvalue weighted by atomic mass is 10.0. The maximum Gasteiger partial charge on any atom is 0.305 e. The number of hydrogen-bond acceptors (Lipinski definition) is 3. The number of esters is 1. The predicted octanol–water partition coefficient (Wildman–Crippen LogP) is 9.84. The van der Waals surface area contributed by atoms with Crippen LogP contribution in [0.25, 0.3) is 0 Å². The summed E-state index contributed by atoms with van der Waals surface area (Å²) in [6.07, 6.45) is 31.0. The van der Waals surface area contributed by atoms with Gasteiger partial charge in [0.05, 0.1) is 6.61 Å². The number of ether oxygens (including phenoxy) is 1. The molecule has 0 aliphatic carbocycles. The van der Waals surface area contributed by atoms with E-state index in [1.807, 2.05) is 0 Å². The lowest BCUT2D eigenvalue weighted by Gasteiger charge is -2.06. The fourth-order valence-electron chi connectivity index (χ4n) is 4.17. The van der Waals surface area contributed by atoms with E-state index in [1.165, 1.54) is 135 Å². The minimum Gasteiger partial charge on any atom is -0.466 e. The Balaban J connectivity index is 3.13. The highest BCUT2D eigenvalue weighted by atomic mass is 32.1. The average Bonchev–Trinajstić information content (AvgIpc) is 2.77. The van der Waals surface area contributed by atoms with Gasteiger partial charge in [0.2, 0.25) is 0 Å². The van der Waals surface area contributed by atoms with Crippen molar-refractivity contribution in [3.8, 4) is 0 Å². The van der Waals surface area contributed by atoms with Crippen molar-refractivity contribution in [2.24, 2.45) is 0 Å². The van der Waals surface area contributed by atoms with Gasteiger partial charge < -0.3 is 4.74 Å². The first-order chi connectivity index (χ1) is 15.3. The van der Waals surface area contributed by atoms with E-state index in [9.17, 15) is 4.79 Å². The van der Waals surface area contributed by atoms with Gasteiger partial charge in [0.25, 0.3) is 0 Å². The molecule has 0 rings (SSSR count). The summed E-state index contributed by atoms with van der Waals surface area (Å²) < 4.78 is 5.38. The molecule has 0 heterocycles. The standard InChI is InChI=1S/C28H56O2S/c1-2-3-4-5-6-7-14-17-20-23-26-30-28(29)25-22-19-16-13-11-9-8-10-12-15-18-21-24-27-31/h31H,2-27H2,1H3. The van der Waals surface area contributed by atoms with Crippen molar-refractivity contribution in [2.45, 2.75) is 161 Å². The quantitative estimate of drug-likeness (QED) is 0.0796. The second-order valence-electron chi connectivity index (χ2n) is 9.47. The number of rotatable bonds is 26. The number of hydrogen-bond donors (Lipinski definition) is 1. The van der Waals surface area contributed by atoms with Gasteiger partial charge in [-0.2, -0.15) is 12.6 Å². The molecule has 2 nitrogen and oxygen atoms in total. The largest absolute Gasteiger partial charge is 0.466 e. The summed E-state index contributed by atoms with van der Waals surface area (Å²) in [7, 11) is 0. The van der Waals surface area contributed by atoms with Crippen LogP contribution >= 0.6 is 12.6 Å². The number of unbranched alkanes of at least 4 members (excludes halogenated alkanes) is 21. The van der Waals surface area contributed by atoms with E-state index >= 15 is 0 Å². The van der Waals surface area contributed by atoms with Crippen molar-refractivity contribution in [1.82, 2.24) is 0 Å². The molecule has 0 aromatic heterocycles. The van der Waals surface area contributed by atoms with Crippen LogP contribution in [-0.4, -0.2) is 18.3 Å². The third-order valence-corrected chi connectivity index (χ3v) is 6.62. The molecular formula is C28H56O2S. The van der Waals surface area contributed by atoms with Gasteiger partial charge in [0.1, 0.15) is 0 Å². The maximum absolute atomic E-state index is 11.8. The molecule has 0 spiro atoms. The normalized spacial score (nSPS) is 11.2. The summed E-state index contributed by atoms with van der Waals surface area (Å²) in [6, 6.07) is 0. The Bertz CT molecular complexity index is 346. The third kappa shape index (κ3) is 27.8. The van der Waals surface area contributed by atoms with Gasteiger partial charge >= 0.3 is 5.97 Å². The molecule has 0 amide bonds. The molecule has 0 N–H and O–H groups in total. The number of thiol groups is 1. The zero-order valence-electron chi connectivity index (χ0n) is 21.1. The molecule has 0 aliphatic heterocycles. The van der Waals surface area contributed by atoms with Crippen molar-refractivity contribution >= 4 is 18.6 Å². The van der Waals surface area contributed by atoms with Crippen molar-refractivity contribution in [3.63, 3.8) is 0 Å². The van der Waals surface area contributed by atoms with Crippen molar-refractivity contribution in [1.29, 1.82) is 0 Å². The van der Waals surface area contributed by atoms with Crippen LogP contribution in [-0.2, 0) is 9.53 Å². The molecule has 0 bridgehead atoms. The molecule has 0 aromatic carbocycles. The van der Waals surface area contributed by atoms with Gasteiger partial charge in [-0.05, 0) is 25.0 Å². The van der Waals surface area contributed by atoms with Gasteiger partial charge in [-0.3, -0.25) is 4.79 Å². The molecule has 0 radical (unpaired) electrons. The Morgan fingerprint density at radius 1 is 0.516 bits per heavy atom. The topological polar surface area (TPSA) is 26.3 Å². The minimum atomic E-state index is 0.0188. The Labute approximate surface area is 201 Å². The van der Waals surface area contributed by atoms with E-state index in [1.54, 1.807) is 0 Å². The number of carbonyl (C=O) groups is 1. The molecule has 3 heteroatoms. The molecule has 31 heavy (non-hydrogen) atoms. The van der Waals surface area contributed by atoms with E-state index in [-0.39, 0.29) is 5.97 Å². The van der Waals surface area contributed by atoms with Crippen LogP contribution in [0.3, 0.4) is 0 Å². The van der Waals surface area contributed by atoms with Crippen molar-refractivity contribution in [3.05, 3.63) is 0 Å². The van der Waals surface area contributed by atoms with Crippen LogP contribution < -0.4 is 0 Å². The highest BCUT2D eigenvalue weighted by molar-refractivity contribution is 7.80. The summed E-state index contributed by atoms with van der Waals surface area (Å²) in [5, 5.41) is 0. The first kappa shape index (κ1) is 30.8. The van der Waals surface area contributed by atoms with Gasteiger partial charge in [-0.25, -0.2) is 0 Å². The fraction of sp³-hybridized carbons (Fsp3) is 0.964. The Kier molecular flexibility index (Phi) is 27.7. The van der Waals surface area contributed by atoms with Crippen LogP contribution in [0, 0.1) is 0 Å². The Morgan fingerprint density at radius 3 is 1.29 bits per heavy atom. The maximum atomic E-state index is 11.8. The van der Waals surface area contributed by atoms with Gasteiger partial charge in [-0.1, -0.05) is 135 Å². The first-order valence-electron chi connectivity index (χ1n) is 14.1. The van der Waals surface area contributed by atoms with Gasteiger partial charge in [0.15, 0.2) is 0 Å². The molecule has 0 saturated heterocycles. The monoisotopic (exact) mass is 456 g/mol. The van der Waals surface area contributed by atoms with Crippen molar-refractivity contribution < 1.29 is 9.53 Å². The molecule has 186 valence electrons. The molecule has 0 fully saturated rings.